The molecule has 0 aromatic heterocycles. The second kappa shape index (κ2) is 5.94. The van der Waals surface area contributed by atoms with Crippen molar-refractivity contribution in [3.63, 3.8) is 0 Å². The maximum absolute atomic E-state index is 11.1. The Balaban J connectivity index is 1.81. The van der Waals surface area contributed by atoms with Gasteiger partial charge in [-0.15, -0.1) is 0 Å². The van der Waals surface area contributed by atoms with E-state index < -0.39 is 0 Å². The first-order valence-electron chi connectivity index (χ1n) is 7.26. The van der Waals surface area contributed by atoms with Gasteiger partial charge in [0.05, 0.1) is 15.7 Å². The predicted octanol–water partition coefficient (Wildman–Crippen LogP) is 5.03. The van der Waals surface area contributed by atoms with Crippen LogP contribution in [0.1, 0.15) is 33.0 Å². The quantitative estimate of drug-likeness (QED) is 0.734. The van der Waals surface area contributed by atoms with Crippen molar-refractivity contribution in [3.8, 4) is 0 Å². The molecule has 2 nitrogen and oxygen atoms in total. The third kappa shape index (κ3) is 2.62. The first-order chi connectivity index (χ1) is 10.5. The molecule has 0 N–H and O–H groups in total. The minimum Gasteiger partial charge on any atom is -0.368 e. The van der Waals surface area contributed by atoms with Crippen LogP contribution in [0.2, 0.25) is 10.0 Å². The summed E-state index contributed by atoms with van der Waals surface area (Å²) in [6, 6.07) is 9.82. The maximum atomic E-state index is 11.1. The van der Waals surface area contributed by atoms with Crippen molar-refractivity contribution >= 4 is 35.2 Å². The molecule has 1 aliphatic rings. The molecule has 2 aromatic rings. The van der Waals surface area contributed by atoms with Crippen LogP contribution in [0.15, 0.2) is 30.3 Å². The van der Waals surface area contributed by atoms with Crippen LogP contribution in [0.4, 0.5) is 5.69 Å². The molecule has 0 amide bonds. The molecule has 1 aliphatic heterocycles. The van der Waals surface area contributed by atoms with E-state index in [2.05, 4.69) is 17.0 Å². The number of nitrogens with zero attached hydrogens (tertiary/aromatic N) is 1. The van der Waals surface area contributed by atoms with Gasteiger partial charge in [-0.3, -0.25) is 4.79 Å². The SMILES string of the molecule is Cc1cc(C2CN(c3c(Cl)cccc3Cl)C2)cc(C)c1C=O. The molecule has 4 heteroatoms. The number of carbonyl (C=O) groups excluding carboxylic acids is 1. The number of halogens is 2. The zero-order valence-electron chi connectivity index (χ0n) is 12.6. The third-order valence-corrected chi connectivity index (χ3v) is 4.95. The number of anilines is 1. The van der Waals surface area contributed by atoms with Crippen LogP contribution in [0.5, 0.6) is 0 Å². The summed E-state index contributed by atoms with van der Waals surface area (Å²) in [7, 11) is 0. The second-order valence-electron chi connectivity index (χ2n) is 5.86. The van der Waals surface area contributed by atoms with Crippen molar-refractivity contribution in [2.75, 3.05) is 18.0 Å². The summed E-state index contributed by atoms with van der Waals surface area (Å²) < 4.78 is 0. The van der Waals surface area contributed by atoms with Gasteiger partial charge < -0.3 is 4.90 Å². The third-order valence-electron chi connectivity index (χ3n) is 4.34. The van der Waals surface area contributed by atoms with E-state index in [0.717, 1.165) is 41.8 Å². The normalized spacial score (nSPS) is 14.8. The summed E-state index contributed by atoms with van der Waals surface area (Å²) >= 11 is 12.5. The molecule has 0 spiro atoms. The first-order valence-corrected chi connectivity index (χ1v) is 8.02. The van der Waals surface area contributed by atoms with E-state index in [-0.39, 0.29) is 0 Å². The summed E-state index contributed by atoms with van der Waals surface area (Å²) in [5.41, 5.74) is 5.08. The lowest BCUT2D eigenvalue weighted by Crippen LogP contribution is -2.45. The molecule has 1 fully saturated rings. The predicted molar refractivity (Wildman–Crippen MR) is 92.7 cm³/mol. The molecular formula is C18H17Cl2NO. The number of aldehydes is 1. The second-order valence-corrected chi connectivity index (χ2v) is 6.67. The van der Waals surface area contributed by atoms with Crippen LogP contribution in [-0.2, 0) is 0 Å². The molecule has 114 valence electrons. The Morgan fingerprint density at radius 2 is 1.64 bits per heavy atom. The van der Waals surface area contributed by atoms with Crippen molar-refractivity contribution in [2.45, 2.75) is 19.8 Å². The Kier molecular flexibility index (Phi) is 4.16. The molecule has 1 heterocycles. The van der Waals surface area contributed by atoms with Gasteiger partial charge in [-0.25, -0.2) is 0 Å². The van der Waals surface area contributed by atoms with Crippen molar-refractivity contribution in [3.05, 3.63) is 62.6 Å². The molecule has 22 heavy (non-hydrogen) atoms. The zero-order valence-corrected chi connectivity index (χ0v) is 14.1. The highest BCUT2D eigenvalue weighted by atomic mass is 35.5. The number of benzene rings is 2. The van der Waals surface area contributed by atoms with Crippen LogP contribution in [0.25, 0.3) is 0 Å². The van der Waals surface area contributed by atoms with Crippen LogP contribution in [-0.4, -0.2) is 19.4 Å². The lowest BCUT2D eigenvalue weighted by Gasteiger charge is -2.42. The van der Waals surface area contributed by atoms with E-state index in [1.807, 2.05) is 32.0 Å². The highest BCUT2D eigenvalue weighted by molar-refractivity contribution is 6.39. The molecule has 2 aromatic carbocycles. The van der Waals surface area contributed by atoms with Gasteiger partial charge in [0.1, 0.15) is 0 Å². The van der Waals surface area contributed by atoms with Gasteiger partial charge in [0.15, 0.2) is 6.29 Å². The first kappa shape index (κ1) is 15.4. The Hall–Kier alpha value is -1.51. The average molecular weight is 334 g/mol. The van der Waals surface area contributed by atoms with Gasteiger partial charge in [-0.05, 0) is 42.7 Å². The average Bonchev–Trinajstić information content (AvgIpc) is 2.40. The number of carbonyl (C=O) groups is 1. The van der Waals surface area contributed by atoms with Crippen molar-refractivity contribution in [2.24, 2.45) is 0 Å². The van der Waals surface area contributed by atoms with Crippen LogP contribution in [0.3, 0.4) is 0 Å². The lowest BCUT2D eigenvalue weighted by atomic mass is 9.87. The zero-order chi connectivity index (χ0) is 15.9. The Bertz CT molecular complexity index is 693. The molecule has 0 unspecified atom stereocenters. The number of hydrogen-bond donors (Lipinski definition) is 0. The minimum absolute atomic E-state index is 0.449. The van der Waals surface area contributed by atoms with E-state index in [1.54, 1.807) is 0 Å². The topological polar surface area (TPSA) is 20.3 Å². The summed E-state index contributed by atoms with van der Waals surface area (Å²) in [4.78, 5) is 13.3. The molecule has 1 saturated heterocycles. The smallest absolute Gasteiger partial charge is 0.150 e. The van der Waals surface area contributed by atoms with Crippen molar-refractivity contribution in [1.29, 1.82) is 0 Å². The molecule has 0 aliphatic carbocycles. The molecular weight excluding hydrogens is 317 g/mol. The van der Waals surface area contributed by atoms with Gasteiger partial charge in [0.2, 0.25) is 0 Å². The highest BCUT2D eigenvalue weighted by Gasteiger charge is 2.31. The van der Waals surface area contributed by atoms with Crippen molar-refractivity contribution < 1.29 is 4.79 Å². The fraction of sp³-hybridized carbons (Fsp3) is 0.278. The number of rotatable bonds is 3. The van der Waals surface area contributed by atoms with E-state index >= 15 is 0 Å². The summed E-state index contributed by atoms with van der Waals surface area (Å²) in [5, 5.41) is 1.38. The number of aryl methyl sites for hydroxylation is 2. The molecule has 0 saturated carbocycles. The van der Waals surface area contributed by atoms with Crippen LogP contribution in [0, 0.1) is 13.8 Å². The van der Waals surface area contributed by atoms with Gasteiger partial charge in [0, 0.05) is 24.6 Å². The van der Waals surface area contributed by atoms with Gasteiger partial charge in [-0.2, -0.15) is 0 Å². The van der Waals surface area contributed by atoms with E-state index in [9.17, 15) is 4.79 Å². The molecule has 3 rings (SSSR count). The minimum atomic E-state index is 0.449. The van der Waals surface area contributed by atoms with Gasteiger partial charge in [0.25, 0.3) is 0 Å². The number of para-hydroxylation sites is 1. The fourth-order valence-electron chi connectivity index (χ4n) is 3.09. The molecule has 0 atom stereocenters. The lowest BCUT2D eigenvalue weighted by molar-refractivity contribution is 0.112. The Labute approximate surface area is 140 Å². The summed E-state index contributed by atoms with van der Waals surface area (Å²) in [6.45, 7) is 5.76. The van der Waals surface area contributed by atoms with E-state index in [4.69, 9.17) is 23.2 Å². The number of hydrogen-bond acceptors (Lipinski definition) is 2. The van der Waals surface area contributed by atoms with Crippen LogP contribution < -0.4 is 4.90 Å². The summed E-state index contributed by atoms with van der Waals surface area (Å²) in [5.74, 6) is 0.449. The molecule has 0 radical (unpaired) electrons. The largest absolute Gasteiger partial charge is 0.368 e. The standard InChI is InChI=1S/C18H17Cl2NO/c1-11-6-13(7-12(2)15(11)10-22)14-8-21(9-14)18-16(19)4-3-5-17(18)20/h3-7,10,14H,8-9H2,1-2H3. The highest BCUT2D eigenvalue weighted by Crippen LogP contribution is 2.40. The molecule has 0 bridgehead atoms. The van der Waals surface area contributed by atoms with E-state index in [0.29, 0.717) is 16.0 Å². The maximum Gasteiger partial charge on any atom is 0.150 e. The van der Waals surface area contributed by atoms with E-state index in [1.165, 1.54) is 5.56 Å². The van der Waals surface area contributed by atoms with Gasteiger partial charge >= 0.3 is 0 Å². The van der Waals surface area contributed by atoms with Crippen LogP contribution >= 0.6 is 23.2 Å². The Morgan fingerprint density at radius 1 is 1.09 bits per heavy atom. The summed E-state index contributed by atoms with van der Waals surface area (Å²) in [6.07, 6.45) is 0.936. The van der Waals surface area contributed by atoms with Gasteiger partial charge in [-0.1, -0.05) is 41.4 Å². The van der Waals surface area contributed by atoms with Crippen molar-refractivity contribution in [1.82, 2.24) is 0 Å². The fourth-order valence-corrected chi connectivity index (χ4v) is 3.73. The Morgan fingerprint density at radius 3 is 2.14 bits per heavy atom. The monoisotopic (exact) mass is 333 g/mol.